The number of carbonyl (C=O) groups excluding carboxylic acids is 2. The predicted octanol–water partition coefficient (Wildman–Crippen LogP) is 8.74. The summed E-state index contributed by atoms with van der Waals surface area (Å²) in [5.74, 6) is 9.63. The van der Waals surface area contributed by atoms with Crippen LogP contribution >= 0.6 is 0 Å². The molecule has 3 fully saturated rings. The van der Waals surface area contributed by atoms with E-state index in [4.69, 9.17) is 10.5 Å². The molecule has 2 aliphatic heterocycles. The number of aromatic hydroxyl groups is 1. The average Bonchev–Trinajstić information content (AvgIpc) is 3.34. The van der Waals surface area contributed by atoms with Gasteiger partial charge in [0.1, 0.15) is 11.2 Å². The summed E-state index contributed by atoms with van der Waals surface area (Å²) >= 11 is 0. The number of nitrogens with one attached hydrogen (secondary N) is 2. The van der Waals surface area contributed by atoms with Crippen LogP contribution in [0.5, 0.6) is 11.5 Å². The van der Waals surface area contributed by atoms with Crippen LogP contribution in [-0.2, 0) is 16.0 Å². The summed E-state index contributed by atoms with van der Waals surface area (Å²) in [5.41, 5.74) is 9.23. The summed E-state index contributed by atoms with van der Waals surface area (Å²) in [6, 6.07) is 18.9. The van der Waals surface area contributed by atoms with Gasteiger partial charge in [-0.05, 0) is 152 Å². The van der Waals surface area contributed by atoms with Crippen molar-refractivity contribution < 1.29 is 29.6 Å². The maximum absolute atomic E-state index is 14.4. The Labute approximate surface area is 380 Å². The molecular formula is C55H71N3O6. The minimum atomic E-state index is -1.16. The van der Waals surface area contributed by atoms with Crippen molar-refractivity contribution in [2.75, 3.05) is 20.2 Å². The second kappa shape index (κ2) is 20.3. The molecule has 8 rings (SSSR count). The number of ketones is 2. The quantitative estimate of drug-likeness (QED) is 0.0874. The molecule has 5 aliphatic rings. The molecule has 0 aromatic heterocycles. The zero-order chi connectivity index (χ0) is 45.0. The van der Waals surface area contributed by atoms with Crippen LogP contribution in [0.2, 0.25) is 0 Å². The number of hydrogen-bond donors (Lipinski definition) is 6. The first-order valence-corrected chi connectivity index (χ1v) is 24.4. The molecule has 3 aromatic carbocycles. The van der Waals surface area contributed by atoms with E-state index in [1.165, 1.54) is 12.5 Å². The molecule has 9 heteroatoms. The molecule has 2 heterocycles. The number of aliphatic hydroxyl groups is 2. The third-order valence-electron chi connectivity index (χ3n) is 15.8. The van der Waals surface area contributed by atoms with Gasteiger partial charge in [0.15, 0.2) is 17.3 Å². The fourth-order valence-corrected chi connectivity index (χ4v) is 12.0. The number of ether oxygens (including phenoxy) is 1. The monoisotopic (exact) mass is 870 g/mol. The maximum Gasteiger partial charge on any atom is 0.160 e. The molecule has 1 spiro atoms. The summed E-state index contributed by atoms with van der Waals surface area (Å²) in [6.07, 6.45) is 13.5. The minimum absolute atomic E-state index is 0.0171. The van der Waals surface area contributed by atoms with Gasteiger partial charge in [0, 0.05) is 43.7 Å². The van der Waals surface area contributed by atoms with Gasteiger partial charge in [-0.25, -0.2) is 0 Å². The number of rotatable bonds is 14. The molecule has 1 saturated heterocycles. The number of dihydropyridines is 1. The van der Waals surface area contributed by atoms with E-state index in [1.807, 2.05) is 12.1 Å². The van der Waals surface area contributed by atoms with Crippen molar-refractivity contribution in [1.29, 1.82) is 0 Å². The number of piperidine rings is 1. The van der Waals surface area contributed by atoms with E-state index in [-0.39, 0.29) is 29.8 Å². The van der Waals surface area contributed by atoms with Gasteiger partial charge in [-0.3, -0.25) is 9.59 Å². The molecule has 342 valence electrons. The number of methoxy groups -OCH3 is 1. The van der Waals surface area contributed by atoms with E-state index in [9.17, 15) is 24.9 Å². The number of carbonyl (C=O) groups is 2. The highest BCUT2D eigenvalue weighted by Gasteiger charge is 2.48. The van der Waals surface area contributed by atoms with Gasteiger partial charge >= 0.3 is 0 Å². The Morgan fingerprint density at radius 2 is 1.75 bits per heavy atom. The molecule has 0 amide bonds. The third-order valence-corrected chi connectivity index (χ3v) is 15.8. The average molecular weight is 870 g/mol. The summed E-state index contributed by atoms with van der Waals surface area (Å²) < 4.78 is 5.56. The molecule has 0 radical (unpaired) electrons. The third kappa shape index (κ3) is 10.3. The van der Waals surface area contributed by atoms with Crippen LogP contribution in [0, 0.1) is 46.8 Å². The number of aliphatic hydroxyl groups excluding tert-OH is 2. The molecule has 10 atom stereocenters. The topological polar surface area (TPSA) is 154 Å². The van der Waals surface area contributed by atoms with Gasteiger partial charge in [-0.1, -0.05) is 87.1 Å². The molecule has 64 heavy (non-hydrogen) atoms. The number of nitrogens with two attached hydrogens (primary N) is 1. The van der Waals surface area contributed by atoms with Crippen molar-refractivity contribution in [3.05, 3.63) is 94.8 Å². The van der Waals surface area contributed by atoms with Gasteiger partial charge in [0.05, 0.1) is 25.1 Å². The van der Waals surface area contributed by atoms with Crippen LogP contribution in [0.15, 0.2) is 78.1 Å². The Hall–Kier alpha value is -4.62. The number of hydrogen-bond acceptors (Lipinski definition) is 9. The highest BCUT2D eigenvalue weighted by atomic mass is 16.5. The zero-order valence-corrected chi connectivity index (χ0v) is 38.3. The predicted molar refractivity (Wildman–Crippen MR) is 254 cm³/mol. The number of allylic oxidation sites excluding steroid dienone is 2. The number of Topliss-reactive ketones (excluding diaryl/α,β-unsaturated/α-hetero) is 2. The Morgan fingerprint density at radius 1 is 0.938 bits per heavy atom. The van der Waals surface area contributed by atoms with E-state index in [1.54, 1.807) is 6.07 Å². The van der Waals surface area contributed by atoms with Crippen LogP contribution in [-0.4, -0.2) is 65.3 Å². The Kier molecular flexibility index (Phi) is 14.5. The lowest BCUT2D eigenvalue weighted by molar-refractivity contribution is -0.134. The number of benzene rings is 3. The number of fused-ring (bicyclic) bond motifs is 3. The minimum Gasteiger partial charge on any atom is -0.504 e. The maximum atomic E-state index is 14.4. The highest BCUT2D eigenvalue weighted by molar-refractivity contribution is 5.89. The summed E-state index contributed by atoms with van der Waals surface area (Å²) in [5, 5.41) is 45.0. The molecule has 3 aliphatic carbocycles. The lowest BCUT2D eigenvalue weighted by Gasteiger charge is -2.42. The van der Waals surface area contributed by atoms with Gasteiger partial charge in [0.25, 0.3) is 0 Å². The molecule has 2 saturated carbocycles. The van der Waals surface area contributed by atoms with E-state index >= 15 is 0 Å². The number of phenolic OH excluding ortho intramolecular Hbond substituents is 1. The molecular weight excluding hydrogens is 799 g/mol. The highest BCUT2D eigenvalue weighted by Crippen LogP contribution is 2.46. The normalized spacial score (nSPS) is 28.5. The van der Waals surface area contributed by atoms with Gasteiger partial charge < -0.3 is 36.4 Å². The largest absolute Gasteiger partial charge is 0.504 e. The van der Waals surface area contributed by atoms with Crippen molar-refractivity contribution in [2.24, 2.45) is 40.7 Å². The van der Waals surface area contributed by atoms with Crippen LogP contribution in [0.3, 0.4) is 0 Å². The van der Waals surface area contributed by atoms with Crippen molar-refractivity contribution in [1.82, 2.24) is 10.6 Å². The van der Waals surface area contributed by atoms with Crippen molar-refractivity contribution in [3.63, 3.8) is 0 Å². The molecule has 0 unspecified atom stereocenters. The second-order valence-corrected chi connectivity index (χ2v) is 20.4. The van der Waals surface area contributed by atoms with Crippen LogP contribution in [0.4, 0.5) is 0 Å². The molecule has 7 N–H and O–H groups in total. The first-order chi connectivity index (χ1) is 30.9. The van der Waals surface area contributed by atoms with Gasteiger partial charge in [0.2, 0.25) is 0 Å². The van der Waals surface area contributed by atoms with E-state index in [0.717, 1.165) is 79.1 Å². The van der Waals surface area contributed by atoms with Crippen LogP contribution in [0.25, 0.3) is 10.8 Å². The fraction of sp³-hybridized carbons (Fsp3) is 0.564. The van der Waals surface area contributed by atoms with Crippen molar-refractivity contribution in [3.8, 4) is 23.3 Å². The molecule has 9 nitrogen and oxygen atoms in total. The zero-order valence-electron chi connectivity index (χ0n) is 38.3. The Morgan fingerprint density at radius 3 is 2.53 bits per heavy atom. The Bertz CT molecular complexity index is 2290. The smallest absolute Gasteiger partial charge is 0.160 e. The van der Waals surface area contributed by atoms with Crippen LogP contribution < -0.4 is 21.1 Å². The van der Waals surface area contributed by atoms with Crippen molar-refractivity contribution in [2.45, 2.75) is 140 Å². The summed E-state index contributed by atoms with van der Waals surface area (Å²) in [6.45, 7) is 6.01. The first kappa shape index (κ1) is 45.9. The SMILES string of the molecule is COc1cc2c(cc1O)[C@@H](CC[C@H](O)[C@H](CCC(C)C)[C@H](C1=CCNC(N)=C1)c1ccc3ccccc3c1)C#C[C@@]1(CC[C@H](CC[C@@H]3CN[C@@H]4CC(=O)CC[C@@H]4C3)C[C@H]1O)C(=O)CC2. The summed E-state index contributed by atoms with van der Waals surface area (Å²) in [4.78, 5) is 26.5. The lowest BCUT2D eigenvalue weighted by Crippen LogP contribution is -2.49. The van der Waals surface area contributed by atoms with E-state index in [0.29, 0.717) is 98.6 Å². The lowest BCUT2D eigenvalue weighted by atomic mass is 9.64. The molecule has 3 aromatic rings. The van der Waals surface area contributed by atoms with E-state index < -0.39 is 23.5 Å². The van der Waals surface area contributed by atoms with Gasteiger partial charge in [-0.15, -0.1) is 0 Å². The fourth-order valence-electron chi connectivity index (χ4n) is 12.0. The first-order valence-electron chi connectivity index (χ1n) is 24.4. The van der Waals surface area contributed by atoms with Crippen molar-refractivity contribution >= 4 is 22.3 Å². The van der Waals surface area contributed by atoms with Gasteiger partial charge in [-0.2, -0.15) is 0 Å². The van der Waals surface area contributed by atoms with Crippen LogP contribution in [0.1, 0.15) is 132 Å². The summed E-state index contributed by atoms with van der Waals surface area (Å²) in [7, 11) is 1.53. The second-order valence-electron chi connectivity index (χ2n) is 20.4. The number of phenols is 1. The standard InChI is InChI=1S/C55H71N3O6/c1-34(2)8-17-45(54(43-22-25-57-53(56)30-43)42-12-11-37-6-4-5-7-39(37)28-42)48(60)18-14-38-21-24-55(51(62)19-15-40-29-50(64-3)49(61)32-46(38)40)23-20-35(27-52(55)63)9-10-36-26-41-13-16-44(59)31-47(41)58-33-36/h4-7,11-12,22,28-30,32,34-36,38,41,45,47-48,52,54,57-58,60-61,63H,8-10,13-20,23,25-27,31,33,56H2,1-3H3/t35-,36-,38-,41+,45-,47+,48-,52+,54-,55-/m0/s1. The number of aryl methyl sites for hydroxylation is 1. The molecule has 0 bridgehead atoms. The van der Waals surface area contributed by atoms with E-state index in [2.05, 4.69) is 84.9 Å². The Balaban J connectivity index is 1.05.